The molecule has 0 N–H and O–H groups in total. The summed E-state index contributed by atoms with van der Waals surface area (Å²) < 4.78 is 38.5. The fraction of sp³-hybridized carbons (Fsp3) is 0.733. The Morgan fingerprint density at radius 2 is 1.96 bits per heavy atom. The van der Waals surface area contributed by atoms with Crippen LogP contribution >= 0.6 is 0 Å². The van der Waals surface area contributed by atoms with Gasteiger partial charge in [-0.1, -0.05) is 0 Å². The van der Waals surface area contributed by atoms with Crippen molar-refractivity contribution in [3.8, 4) is 0 Å². The monoisotopic (exact) mass is 346 g/mol. The Bertz CT molecular complexity index is 582. The molecule has 0 aromatic carbocycles. The van der Waals surface area contributed by atoms with Crippen LogP contribution in [0.1, 0.15) is 37.3 Å². The third-order valence-corrected chi connectivity index (χ3v) is 4.74. The first-order chi connectivity index (χ1) is 11.3. The first kappa shape index (κ1) is 17.2. The SMILES string of the molecule is Cn1cc(C2CCCN2C2CCN(OC(=O)C(F)(F)F)CC2)cn1. The molecule has 2 aliphatic heterocycles. The van der Waals surface area contributed by atoms with Gasteiger partial charge in [0.1, 0.15) is 0 Å². The lowest BCUT2D eigenvalue weighted by Gasteiger charge is -2.38. The third-order valence-electron chi connectivity index (χ3n) is 4.74. The molecule has 0 radical (unpaired) electrons. The van der Waals surface area contributed by atoms with Gasteiger partial charge in [0.2, 0.25) is 0 Å². The fourth-order valence-electron chi connectivity index (χ4n) is 3.63. The summed E-state index contributed by atoms with van der Waals surface area (Å²) in [6.45, 7) is 1.62. The van der Waals surface area contributed by atoms with Crippen LogP contribution in [0.3, 0.4) is 0 Å². The minimum absolute atomic E-state index is 0.290. The summed E-state index contributed by atoms with van der Waals surface area (Å²) in [5.41, 5.74) is 1.18. The summed E-state index contributed by atoms with van der Waals surface area (Å²) >= 11 is 0. The van der Waals surface area contributed by atoms with Gasteiger partial charge in [0, 0.05) is 44.0 Å². The lowest BCUT2D eigenvalue weighted by atomic mass is 10.0. The van der Waals surface area contributed by atoms with E-state index in [4.69, 9.17) is 0 Å². The molecule has 6 nitrogen and oxygen atoms in total. The van der Waals surface area contributed by atoms with Gasteiger partial charge in [0.25, 0.3) is 0 Å². The number of piperidine rings is 1. The van der Waals surface area contributed by atoms with Crippen molar-refractivity contribution >= 4 is 5.97 Å². The fourth-order valence-corrected chi connectivity index (χ4v) is 3.63. The zero-order chi connectivity index (χ0) is 17.3. The largest absolute Gasteiger partial charge is 0.492 e. The van der Waals surface area contributed by atoms with Crippen LogP contribution in [0.2, 0.25) is 0 Å². The minimum atomic E-state index is -4.95. The quantitative estimate of drug-likeness (QED) is 0.838. The first-order valence-corrected chi connectivity index (χ1v) is 8.13. The van der Waals surface area contributed by atoms with Crippen LogP contribution in [0.4, 0.5) is 13.2 Å². The number of nitrogens with zero attached hydrogens (tertiary/aromatic N) is 4. The van der Waals surface area contributed by atoms with Crippen molar-refractivity contribution in [2.75, 3.05) is 19.6 Å². The summed E-state index contributed by atoms with van der Waals surface area (Å²) in [4.78, 5) is 17.7. The Morgan fingerprint density at radius 1 is 1.25 bits per heavy atom. The van der Waals surface area contributed by atoms with Crippen molar-refractivity contribution in [1.82, 2.24) is 19.7 Å². The number of alkyl halides is 3. The molecule has 3 rings (SSSR count). The Kier molecular flexibility index (Phi) is 4.82. The van der Waals surface area contributed by atoms with E-state index < -0.39 is 12.1 Å². The van der Waals surface area contributed by atoms with Gasteiger partial charge in [-0.25, -0.2) is 4.79 Å². The summed E-state index contributed by atoms with van der Waals surface area (Å²) in [5.74, 6) is -2.14. The molecule has 134 valence electrons. The molecule has 24 heavy (non-hydrogen) atoms. The van der Waals surface area contributed by atoms with Gasteiger partial charge in [-0.15, -0.1) is 5.06 Å². The van der Waals surface area contributed by atoms with Crippen molar-refractivity contribution in [1.29, 1.82) is 0 Å². The first-order valence-electron chi connectivity index (χ1n) is 8.13. The van der Waals surface area contributed by atoms with Crippen molar-refractivity contribution in [3.63, 3.8) is 0 Å². The smallest absolute Gasteiger partial charge is 0.361 e. The highest BCUT2D eigenvalue weighted by molar-refractivity contribution is 5.75. The lowest BCUT2D eigenvalue weighted by Crippen LogP contribution is -2.46. The number of carbonyl (C=O) groups is 1. The third kappa shape index (κ3) is 3.72. The molecule has 1 atom stereocenters. The normalized spacial score (nSPS) is 24.4. The summed E-state index contributed by atoms with van der Waals surface area (Å²) in [5, 5.41) is 5.35. The molecule has 2 saturated heterocycles. The van der Waals surface area contributed by atoms with E-state index in [1.165, 1.54) is 5.56 Å². The molecule has 2 fully saturated rings. The van der Waals surface area contributed by atoms with E-state index in [9.17, 15) is 18.0 Å². The summed E-state index contributed by atoms with van der Waals surface area (Å²) in [6, 6.07) is 0.603. The molecule has 1 aromatic rings. The Labute approximate surface area is 138 Å². The van der Waals surface area contributed by atoms with E-state index >= 15 is 0 Å². The molecule has 0 amide bonds. The van der Waals surface area contributed by atoms with Crippen LogP contribution in [0.15, 0.2) is 12.4 Å². The zero-order valence-corrected chi connectivity index (χ0v) is 13.5. The molecule has 3 heterocycles. The van der Waals surface area contributed by atoms with E-state index in [0.717, 1.165) is 24.4 Å². The maximum Gasteiger partial charge on any atom is 0.492 e. The molecule has 0 aliphatic carbocycles. The van der Waals surface area contributed by atoms with Gasteiger partial charge < -0.3 is 4.84 Å². The predicted octanol–water partition coefficient (Wildman–Crippen LogP) is 2.04. The van der Waals surface area contributed by atoms with Crippen molar-refractivity contribution in [2.24, 2.45) is 7.05 Å². The molecule has 9 heteroatoms. The number of aryl methyl sites for hydroxylation is 1. The second kappa shape index (κ2) is 6.72. The lowest BCUT2D eigenvalue weighted by molar-refractivity contribution is -0.242. The number of halogens is 3. The second-order valence-electron chi connectivity index (χ2n) is 6.38. The maximum absolute atomic E-state index is 12.3. The molecule has 0 saturated carbocycles. The highest BCUT2D eigenvalue weighted by Gasteiger charge is 2.43. The Morgan fingerprint density at radius 3 is 2.54 bits per heavy atom. The predicted molar refractivity (Wildman–Crippen MR) is 78.6 cm³/mol. The van der Waals surface area contributed by atoms with E-state index in [1.807, 2.05) is 19.4 Å². The van der Waals surface area contributed by atoms with Crippen LogP contribution < -0.4 is 0 Å². The van der Waals surface area contributed by atoms with Crippen LogP contribution in [-0.2, 0) is 16.7 Å². The number of hydrogen-bond donors (Lipinski definition) is 0. The van der Waals surface area contributed by atoms with Gasteiger partial charge in [-0.05, 0) is 32.2 Å². The Hall–Kier alpha value is -1.61. The molecule has 1 aromatic heterocycles. The highest BCUT2D eigenvalue weighted by atomic mass is 19.4. The number of rotatable bonds is 3. The van der Waals surface area contributed by atoms with Crippen LogP contribution in [0, 0.1) is 0 Å². The standard InChI is InChI=1S/C15H21F3N4O2/c1-20-10-11(9-19-20)13-3-2-6-22(13)12-4-7-21(8-5-12)24-14(23)15(16,17)18/h9-10,12-13H,2-8H2,1H3. The van der Waals surface area contributed by atoms with E-state index in [2.05, 4.69) is 14.8 Å². The van der Waals surface area contributed by atoms with Crippen LogP contribution in [0.25, 0.3) is 0 Å². The zero-order valence-electron chi connectivity index (χ0n) is 13.5. The highest BCUT2D eigenvalue weighted by Crippen LogP contribution is 2.36. The van der Waals surface area contributed by atoms with E-state index in [1.54, 1.807) is 4.68 Å². The number of aromatic nitrogens is 2. The van der Waals surface area contributed by atoms with Crippen molar-refractivity contribution in [2.45, 2.75) is 43.9 Å². The molecule has 1 unspecified atom stereocenters. The molecule has 2 aliphatic rings. The van der Waals surface area contributed by atoms with Gasteiger partial charge in [-0.3, -0.25) is 9.58 Å². The summed E-state index contributed by atoms with van der Waals surface area (Å²) in [7, 11) is 1.89. The molecular formula is C15H21F3N4O2. The average molecular weight is 346 g/mol. The molecule has 0 spiro atoms. The van der Waals surface area contributed by atoms with Crippen LogP contribution in [0.5, 0.6) is 0 Å². The van der Waals surface area contributed by atoms with Gasteiger partial charge >= 0.3 is 12.1 Å². The molecular weight excluding hydrogens is 325 g/mol. The maximum atomic E-state index is 12.3. The topological polar surface area (TPSA) is 50.6 Å². The Balaban J connectivity index is 1.55. The minimum Gasteiger partial charge on any atom is -0.361 e. The number of hydroxylamine groups is 2. The van der Waals surface area contributed by atoms with Crippen LogP contribution in [-0.4, -0.2) is 57.6 Å². The van der Waals surface area contributed by atoms with E-state index in [-0.39, 0.29) is 0 Å². The van der Waals surface area contributed by atoms with Crippen molar-refractivity contribution < 1.29 is 22.8 Å². The van der Waals surface area contributed by atoms with Gasteiger partial charge in [0.05, 0.1) is 6.20 Å². The number of hydrogen-bond acceptors (Lipinski definition) is 5. The van der Waals surface area contributed by atoms with Gasteiger partial charge in [0.15, 0.2) is 0 Å². The number of likely N-dealkylation sites (tertiary alicyclic amines) is 1. The summed E-state index contributed by atoms with van der Waals surface area (Å²) in [6.07, 6.45) is 2.48. The van der Waals surface area contributed by atoms with Gasteiger partial charge in [-0.2, -0.15) is 18.3 Å². The van der Waals surface area contributed by atoms with Crippen molar-refractivity contribution in [3.05, 3.63) is 18.0 Å². The second-order valence-corrected chi connectivity index (χ2v) is 6.38. The number of carbonyl (C=O) groups excluding carboxylic acids is 1. The van der Waals surface area contributed by atoms with E-state index in [0.29, 0.717) is 38.0 Å². The molecule has 0 bridgehead atoms. The average Bonchev–Trinajstić information content (AvgIpc) is 3.15.